The van der Waals surface area contributed by atoms with Gasteiger partial charge in [-0.3, -0.25) is 58.1 Å². The third-order valence-corrected chi connectivity index (χ3v) is 38.3. The minimum Gasteiger partial charge on any atom is -0.481 e. The molecule has 17 aliphatic rings. The first-order valence-electron chi connectivity index (χ1n) is 57.2. The van der Waals surface area contributed by atoms with Crippen LogP contribution in [0.3, 0.4) is 0 Å². The summed E-state index contributed by atoms with van der Waals surface area (Å²) < 4.78 is 8.09. The van der Waals surface area contributed by atoms with E-state index in [1.54, 1.807) is 6.92 Å². The van der Waals surface area contributed by atoms with Crippen molar-refractivity contribution < 1.29 is 34.5 Å². The Hall–Kier alpha value is -9.32. The molecule has 18 atom stereocenters. The molecular weight excluding hydrogens is 1810 g/mol. The van der Waals surface area contributed by atoms with Gasteiger partial charge in [0.2, 0.25) is 0 Å². The number of piperidine rings is 6. The molecule has 144 heavy (non-hydrogen) atoms. The number of ketones is 2. The molecule has 12 bridgehead atoms. The molecule has 17 fully saturated rings. The molecule has 0 amide bonds. The van der Waals surface area contributed by atoms with Gasteiger partial charge in [0, 0.05) is 148 Å². The normalized spacial score (nSPS) is 31.3. The van der Waals surface area contributed by atoms with Crippen LogP contribution in [0.2, 0.25) is 0 Å². The van der Waals surface area contributed by atoms with Gasteiger partial charge in [0.05, 0.1) is 62.7 Å². The van der Waals surface area contributed by atoms with Gasteiger partial charge in [-0.2, -0.15) is 0 Å². The zero-order valence-electron chi connectivity index (χ0n) is 86.0. The number of carbonyl (C=O) groups is 4. The Balaban J connectivity index is 0.000000114. The third-order valence-electron chi connectivity index (χ3n) is 38.3. The van der Waals surface area contributed by atoms with Gasteiger partial charge in [0.25, 0.3) is 22.2 Å². The molecule has 4 aromatic carbocycles. The average molecular weight is 1970 g/mol. The largest absolute Gasteiger partial charge is 0.481 e. The lowest BCUT2D eigenvalue weighted by Crippen LogP contribution is -2.63. The quantitative estimate of drug-likeness (QED) is 0.0346. The fraction of sp³-hybridized carbons (Fsp3) is 0.690. The highest BCUT2D eigenvalue weighted by molar-refractivity contribution is 5.87. The van der Waals surface area contributed by atoms with Gasteiger partial charge in [-0.25, -0.2) is 24.7 Å². The van der Waals surface area contributed by atoms with E-state index in [2.05, 4.69) is 60.7 Å². The Morgan fingerprint density at radius 2 is 0.778 bits per heavy atom. The molecule has 0 spiro atoms. The van der Waals surface area contributed by atoms with Crippen molar-refractivity contribution in [2.75, 3.05) is 66.7 Å². The lowest BCUT2D eigenvalue weighted by Gasteiger charge is -2.58. The van der Waals surface area contributed by atoms with Crippen molar-refractivity contribution in [1.29, 1.82) is 0 Å². The fourth-order valence-corrected chi connectivity index (χ4v) is 32.2. The third kappa shape index (κ3) is 20.8. The van der Waals surface area contributed by atoms with E-state index in [4.69, 9.17) is 9.97 Å². The number of nitrogens with zero attached hydrogens (tertiary/aromatic N) is 14. The minimum atomic E-state index is -0.964. The van der Waals surface area contributed by atoms with Crippen molar-refractivity contribution in [2.45, 2.75) is 431 Å². The standard InChI is InChI=1S/C34H45N5O4.C28H38N4O2.C27H38N4O3.C27H40N4O2/c1-20(40)27-18-37(19-28(27)33(42)43)10-9-35-31-32(41)38(30-8-3-2-7-29(30)36-31)26-14-24-5-4-6-25(15-26)39(24)34-16-21-11-22(17-34)13-23(34)12-21;33-24-11-8-16-30(19-24)27-28(34)32(26-13-7-6-12-25(26)29-27)23-17-21-14-15-22(18-23)31(21)20-9-4-2-1-3-5-10-20;1-2-22(27(33)34)28-25-26(32)31(24-13-9-8-12-23(24)29-25)21-16-19-14-15-20(17-21)30(19)18-10-6-4-3-5-7-11-18;1-2-23(32)18-28-26-27(33)31(25-13-9-8-12-24(25)29-26)22-16-20-14-15-21(17-22)30(20)19-10-6-4-3-5-7-11-19/h2-3,7-8,21-28H,4-6,9-19H2,1H3,(H,35,36)(H,42,43);6-7,12-13,20-23H,1-5,8-11,14-19H2;8-9,12-13,18-22H,2-7,10-11,14-17H2,1H3,(H,28,29)(H,33,34);8-9,12-13,19-23,32H,2-7,10-11,14-18H2,1H3,(H,28,29)/t21?,22?,23?,24-,25+,26?,27-,28+,34?;21-,22+,23?;19-,20+,21?,22-;20-,21+,22?,23-/m0.10/s1. The van der Waals surface area contributed by atoms with Gasteiger partial charge in [-0.15, -0.1) is 0 Å². The number of rotatable bonds is 23. The molecule has 776 valence electrons. The lowest BCUT2D eigenvalue weighted by molar-refractivity contribution is -0.144. The van der Waals surface area contributed by atoms with E-state index in [1.165, 1.54) is 232 Å². The van der Waals surface area contributed by atoms with E-state index in [1.807, 2.05) is 117 Å². The number of aliphatic hydroxyl groups is 1. The predicted octanol–water partition coefficient (Wildman–Crippen LogP) is 18.8. The maximum Gasteiger partial charge on any atom is 0.326 e. The van der Waals surface area contributed by atoms with Crippen molar-refractivity contribution in [1.82, 2.24) is 62.7 Å². The SMILES string of the molecule is CC(=O)[C@@H]1CN(CCNc2nc3ccccc3n(C3C[C@H]4CCC[C@@H](C3)N4C34CC5CC(CC3C5)C4)c2=O)C[C@H]1C(=O)O.CC[C@@H](Nc1nc2ccccc2n(C2C[C@H]3CC[C@@H](C2)N3C2CCCCCCC2)c1=O)C(=O)O.CC[C@H](O)CNc1nc2ccccc2n(C2C[C@H]3CC[C@@H](C2)N3C2CCCCCCC2)c1=O.O=C1CCCN(c2nc3ccccc3n(C3C[C@H]4CC[C@@H](C3)N4C3CCCCCCC3)c2=O)C1. The number of fused-ring (bicyclic) bond motifs is 12. The first-order valence-corrected chi connectivity index (χ1v) is 57.2. The van der Waals surface area contributed by atoms with Crippen LogP contribution in [-0.2, 0) is 19.2 Å². The summed E-state index contributed by atoms with van der Waals surface area (Å²) in [4.78, 5) is 137. The maximum absolute atomic E-state index is 14.2. The highest BCUT2D eigenvalue weighted by Crippen LogP contribution is 2.66. The summed E-state index contributed by atoms with van der Waals surface area (Å²) in [5.74, 6) is 1.24. The Kier molecular flexibility index (Phi) is 31.2. The molecule has 0 radical (unpaired) electrons. The van der Waals surface area contributed by atoms with Gasteiger partial charge < -0.3 is 54.4 Å². The summed E-state index contributed by atoms with van der Waals surface area (Å²) in [5.41, 5.74) is 7.07. The molecule has 4 aromatic heterocycles. The van der Waals surface area contributed by atoms with E-state index in [0.29, 0.717) is 136 Å². The molecule has 6 N–H and O–H groups in total. The number of carboxylic acid groups (broad SMARTS) is 2. The number of hydrogen-bond donors (Lipinski definition) is 6. The van der Waals surface area contributed by atoms with Crippen LogP contribution in [0.4, 0.5) is 23.3 Å². The monoisotopic (exact) mass is 1970 g/mol. The van der Waals surface area contributed by atoms with Gasteiger partial charge in [0.15, 0.2) is 29.1 Å². The van der Waals surface area contributed by atoms with Gasteiger partial charge in [-0.05, 0) is 266 Å². The molecule has 28 heteroatoms. The second-order valence-electron chi connectivity index (χ2n) is 47.1. The highest BCUT2D eigenvalue weighted by atomic mass is 16.4. The Bertz CT molecular complexity index is 6040. The maximum atomic E-state index is 14.2. The number of benzene rings is 4. The van der Waals surface area contributed by atoms with E-state index in [9.17, 15) is 53.7 Å². The number of carboxylic acids is 2. The van der Waals surface area contributed by atoms with Crippen LogP contribution in [0.15, 0.2) is 116 Å². The van der Waals surface area contributed by atoms with E-state index < -0.39 is 35.9 Å². The molecule has 28 nitrogen and oxygen atoms in total. The van der Waals surface area contributed by atoms with Gasteiger partial charge in [-0.1, -0.05) is 165 Å². The van der Waals surface area contributed by atoms with Crippen molar-refractivity contribution in [3.63, 3.8) is 0 Å². The Morgan fingerprint density at radius 3 is 1.17 bits per heavy atom. The number of anilines is 4. The van der Waals surface area contributed by atoms with E-state index >= 15 is 0 Å². The van der Waals surface area contributed by atoms with Crippen LogP contribution in [0, 0.1) is 29.6 Å². The van der Waals surface area contributed by atoms with Crippen molar-refractivity contribution in [2.24, 2.45) is 29.6 Å². The smallest absolute Gasteiger partial charge is 0.326 e. The van der Waals surface area contributed by atoms with Gasteiger partial charge in [0.1, 0.15) is 11.8 Å². The summed E-state index contributed by atoms with van der Waals surface area (Å²) in [6, 6.07) is 38.5. The molecular formula is C116H161N17O11. The first kappa shape index (κ1) is 101. The van der Waals surface area contributed by atoms with Crippen LogP contribution >= 0.6 is 0 Å². The Morgan fingerprint density at radius 1 is 0.403 bits per heavy atom. The number of likely N-dealkylation sites (tertiary alicyclic amines) is 1. The van der Waals surface area contributed by atoms with Crippen LogP contribution in [0.5, 0.6) is 0 Å². The summed E-state index contributed by atoms with van der Waals surface area (Å²) >= 11 is 0. The molecule has 10 saturated heterocycles. The highest BCUT2D eigenvalue weighted by Gasteiger charge is 2.64. The van der Waals surface area contributed by atoms with Crippen LogP contribution in [0.25, 0.3) is 44.1 Å². The lowest BCUT2D eigenvalue weighted by atomic mass is 9.73. The summed E-state index contributed by atoms with van der Waals surface area (Å²) in [6.45, 7) is 8.42. The summed E-state index contributed by atoms with van der Waals surface area (Å²) in [7, 11) is 0. The van der Waals surface area contributed by atoms with Crippen LogP contribution < -0.4 is 43.1 Å². The van der Waals surface area contributed by atoms with Crippen LogP contribution in [-0.4, -0.2) is 231 Å². The second-order valence-corrected chi connectivity index (χ2v) is 47.1. The number of carbonyl (C=O) groups excluding carboxylic acids is 2. The molecule has 7 aliphatic carbocycles. The number of hydrogen-bond acceptors (Lipinski definition) is 22. The zero-order chi connectivity index (χ0) is 99.0. The molecule has 14 heterocycles. The number of para-hydroxylation sites is 8. The number of aromatic nitrogens is 8. The molecule has 7 saturated carbocycles. The topological polar surface area (TPSA) is 324 Å². The van der Waals surface area contributed by atoms with Gasteiger partial charge >= 0.3 is 11.9 Å². The summed E-state index contributed by atoms with van der Waals surface area (Å²) in [6.07, 6.45) is 57.4. The van der Waals surface area contributed by atoms with Crippen molar-refractivity contribution in [3.8, 4) is 0 Å². The predicted molar refractivity (Wildman–Crippen MR) is 568 cm³/mol. The molecule has 10 aliphatic heterocycles. The van der Waals surface area contributed by atoms with Crippen molar-refractivity contribution >= 4 is 90.9 Å². The molecule has 6 unspecified atom stereocenters. The second kappa shape index (κ2) is 44.6. The average Bonchev–Trinajstić information content (AvgIpc) is 1.54. The molecule has 8 aromatic rings. The Labute approximate surface area is 848 Å². The van der Waals surface area contributed by atoms with Crippen LogP contribution in [0.1, 0.15) is 347 Å². The number of Topliss-reactive ketones (excluding diaryl/α,β-unsaturated/α-hetero) is 2. The number of nitrogens with one attached hydrogen (secondary N) is 3. The summed E-state index contributed by atoms with van der Waals surface area (Å²) in [5, 5.41) is 38.5. The number of aliphatic carboxylic acids is 2. The number of aliphatic hydroxyl groups excluding tert-OH is 1. The fourth-order valence-electron chi connectivity index (χ4n) is 32.2. The van der Waals surface area contributed by atoms with E-state index in [0.717, 1.165) is 138 Å². The van der Waals surface area contributed by atoms with Crippen molar-refractivity contribution in [3.05, 3.63) is 138 Å². The zero-order valence-corrected chi connectivity index (χ0v) is 86.0. The first-order chi connectivity index (χ1) is 70.2. The minimum absolute atomic E-state index is 0.00259. The van der Waals surface area contributed by atoms with E-state index in [-0.39, 0.29) is 63.8 Å². The molecule has 25 rings (SSSR count).